The fraction of sp³-hybridized carbons (Fsp3) is 0.381. The summed E-state index contributed by atoms with van der Waals surface area (Å²) in [6, 6.07) is 6.28. The van der Waals surface area contributed by atoms with Crippen LogP contribution in [0.25, 0.3) is 0 Å². The summed E-state index contributed by atoms with van der Waals surface area (Å²) in [5, 5.41) is 6.34. The Bertz CT molecular complexity index is 1100. The lowest BCUT2D eigenvalue weighted by molar-refractivity contribution is 0.0941. The summed E-state index contributed by atoms with van der Waals surface area (Å²) in [6.07, 6.45) is -1.41. The average Bonchev–Trinajstić information content (AvgIpc) is 3.31. The van der Waals surface area contributed by atoms with Crippen LogP contribution in [0.5, 0.6) is 6.01 Å². The number of anilines is 1. The van der Waals surface area contributed by atoms with Gasteiger partial charge in [0.2, 0.25) is 0 Å². The van der Waals surface area contributed by atoms with Gasteiger partial charge >= 0.3 is 6.01 Å². The maximum Gasteiger partial charge on any atom is 0.319 e. The van der Waals surface area contributed by atoms with Gasteiger partial charge in [-0.1, -0.05) is 5.16 Å². The van der Waals surface area contributed by atoms with Gasteiger partial charge in [0.25, 0.3) is 12.3 Å². The molecule has 174 valence electrons. The lowest BCUT2D eigenvalue weighted by atomic mass is 10.2. The number of rotatable bonds is 8. The maximum absolute atomic E-state index is 12.7. The smallest absolute Gasteiger partial charge is 0.319 e. The Balaban J connectivity index is 1.33. The molecule has 1 saturated heterocycles. The van der Waals surface area contributed by atoms with E-state index in [1.807, 2.05) is 13.0 Å². The van der Waals surface area contributed by atoms with Crippen LogP contribution in [0.3, 0.4) is 0 Å². The molecule has 3 aromatic heterocycles. The SMILES string of the molecule is Cc1cc(N2CCOCC2)nc(OCc2cc(C(=O)NCc3ccnc(C(F)F)c3)no2)n1. The Labute approximate surface area is 187 Å². The number of pyridine rings is 1. The van der Waals surface area contributed by atoms with E-state index in [9.17, 15) is 13.6 Å². The number of nitrogens with one attached hydrogen (secondary N) is 1. The number of carbonyl (C=O) groups excluding carboxylic acids is 1. The van der Waals surface area contributed by atoms with E-state index >= 15 is 0 Å². The number of ether oxygens (including phenoxy) is 2. The summed E-state index contributed by atoms with van der Waals surface area (Å²) in [5.41, 5.74) is 0.937. The highest BCUT2D eigenvalue weighted by Crippen LogP contribution is 2.19. The molecule has 0 unspecified atom stereocenters. The van der Waals surface area contributed by atoms with Crippen LogP contribution >= 0.6 is 0 Å². The van der Waals surface area contributed by atoms with Crippen molar-refractivity contribution in [3.05, 3.63) is 58.9 Å². The number of alkyl halides is 2. The molecule has 0 bridgehead atoms. The molecule has 0 aliphatic carbocycles. The lowest BCUT2D eigenvalue weighted by Gasteiger charge is -2.28. The van der Waals surface area contributed by atoms with Gasteiger partial charge in [0.05, 0.1) is 13.2 Å². The number of aryl methyl sites for hydroxylation is 1. The molecule has 33 heavy (non-hydrogen) atoms. The first-order chi connectivity index (χ1) is 16.0. The minimum Gasteiger partial charge on any atom is -0.455 e. The van der Waals surface area contributed by atoms with E-state index in [4.69, 9.17) is 14.0 Å². The van der Waals surface area contributed by atoms with E-state index in [0.29, 0.717) is 24.5 Å². The number of aromatic nitrogens is 4. The summed E-state index contributed by atoms with van der Waals surface area (Å²) in [7, 11) is 0. The minimum absolute atomic E-state index is 0.0195. The van der Waals surface area contributed by atoms with Crippen molar-refractivity contribution in [2.45, 2.75) is 26.5 Å². The molecule has 0 aromatic carbocycles. The van der Waals surface area contributed by atoms with Crippen LogP contribution in [-0.4, -0.2) is 52.3 Å². The third-order valence-corrected chi connectivity index (χ3v) is 4.81. The molecule has 0 atom stereocenters. The Hall–Kier alpha value is -3.67. The molecule has 0 spiro atoms. The van der Waals surface area contributed by atoms with Crippen LogP contribution in [0.4, 0.5) is 14.6 Å². The second kappa shape index (κ2) is 10.3. The van der Waals surface area contributed by atoms with Crippen LogP contribution in [-0.2, 0) is 17.9 Å². The van der Waals surface area contributed by atoms with Crippen LogP contribution in [0.1, 0.15) is 39.6 Å². The van der Waals surface area contributed by atoms with Crippen molar-refractivity contribution in [3.8, 4) is 6.01 Å². The van der Waals surface area contributed by atoms with E-state index in [0.717, 1.165) is 24.6 Å². The maximum atomic E-state index is 12.7. The number of nitrogens with zero attached hydrogens (tertiary/aromatic N) is 5. The zero-order valence-corrected chi connectivity index (χ0v) is 17.8. The molecule has 0 saturated carbocycles. The summed E-state index contributed by atoms with van der Waals surface area (Å²) in [4.78, 5) is 26.7. The van der Waals surface area contributed by atoms with Gasteiger partial charge < -0.3 is 24.2 Å². The van der Waals surface area contributed by atoms with Gasteiger partial charge in [-0.2, -0.15) is 4.98 Å². The van der Waals surface area contributed by atoms with Crippen molar-refractivity contribution in [1.82, 2.24) is 25.4 Å². The number of morpholine rings is 1. The highest BCUT2D eigenvalue weighted by molar-refractivity contribution is 5.92. The first-order valence-corrected chi connectivity index (χ1v) is 10.3. The largest absolute Gasteiger partial charge is 0.455 e. The molecule has 0 radical (unpaired) electrons. The monoisotopic (exact) mass is 460 g/mol. The fourth-order valence-electron chi connectivity index (χ4n) is 3.16. The molecule has 1 aliphatic heterocycles. The molecule has 4 heterocycles. The summed E-state index contributed by atoms with van der Waals surface area (Å²) in [6.45, 7) is 4.62. The molecule has 3 aromatic rings. The van der Waals surface area contributed by atoms with Gasteiger partial charge in [-0.15, -0.1) is 0 Å². The molecule has 1 amide bonds. The van der Waals surface area contributed by atoms with Gasteiger partial charge in [0.15, 0.2) is 18.1 Å². The molecule has 1 fully saturated rings. The third-order valence-electron chi connectivity index (χ3n) is 4.81. The third kappa shape index (κ3) is 5.98. The molecule has 10 nitrogen and oxygen atoms in total. The summed E-state index contributed by atoms with van der Waals surface area (Å²) >= 11 is 0. The lowest BCUT2D eigenvalue weighted by Crippen LogP contribution is -2.36. The van der Waals surface area contributed by atoms with Crippen LogP contribution in [0, 0.1) is 6.92 Å². The Morgan fingerprint density at radius 1 is 1.24 bits per heavy atom. The van der Waals surface area contributed by atoms with Gasteiger partial charge in [0, 0.05) is 43.7 Å². The van der Waals surface area contributed by atoms with Gasteiger partial charge in [-0.05, 0) is 24.6 Å². The van der Waals surface area contributed by atoms with Crippen molar-refractivity contribution in [1.29, 1.82) is 0 Å². The Morgan fingerprint density at radius 3 is 2.85 bits per heavy atom. The molecule has 1 N–H and O–H groups in total. The second-order valence-electron chi connectivity index (χ2n) is 7.29. The average molecular weight is 460 g/mol. The van der Waals surface area contributed by atoms with Gasteiger partial charge in [-0.25, -0.2) is 13.8 Å². The molecule has 1 aliphatic rings. The number of amides is 1. The number of carbonyl (C=O) groups is 1. The van der Waals surface area contributed by atoms with Crippen molar-refractivity contribution in [2.75, 3.05) is 31.2 Å². The Morgan fingerprint density at radius 2 is 2.06 bits per heavy atom. The van der Waals surface area contributed by atoms with E-state index in [-0.39, 0.29) is 30.5 Å². The zero-order chi connectivity index (χ0) is 23.2. The second-order valence-corrected chi connectivity index (χ2v) is 7.29. The normalized spacial score (nSPS) is 13.9. The van der Waals surface area contributed by atoms with Gasteiger partial charge in [-0.3, -0.25) is 9.78 Å². The summed E-state index contributed by atoms with van der Waals surface area (Å²) in [5.74, 6) is 0.549. The predicted octanol–water partition coefficient (Wildman–Crippen LogP) is 2.45. The van der Waals surface area contributed by atoms with Crippen molar-refractivity contribution >= 4 is 11.7 Å². The first-order valence-electron chi connectivity index (χ1n) is 10.3. The molecule has 4 rings (SSSR count). The van der Waals surface area contributed by atoms with E-state index in [1.165, 1.54) is 18.3 Å². The summed E-state index contributed by atoms with van der Waals surface area (Å²) < 4.78 is 41.7. The standard InChI is InChI=1S/C21H22F2N6O4/c1-13-8-18(29-4-6-31-7-5-29)27-21(26-13)32-12-15-10-17(28-33-15)20(30)25-11-14-2-3-24-16(9-14)19(22)23/h2-3,8-10,19H,4-7,11-12H2,1H3,(H,25,30). The minimum atomic E-state index is -2.68. The highest BCUT2D eigenvalue weighted by Gasteiger charge is 2.17. The quantitative estimate of drug-likeness (QED) is 0.541. The number of halogens is 2. The number of hydrogen-bond donors (Lipinski definition) is 1. The molecular weight excluding hydrogens is 438 g/mol. The molecular formula is C21H22F2N6O4. The van der Waals surface area contributed by atoms with Crippen molar-refractivity contribution < 1.29 is 27.6 Å². The Kier molecular flexibility index (Phi) is 7.03. The van der Waals surface area contributed by atoms with Crippen molar-refractivity contribution in [3.63, 3.8) is 0 Å². The number of hydrogen-bond acceptors (Lipinski definition) is 9. The molecule has 12 heteroatoms. The van der Waals surface area contributed by atoms with Crippen LogP contribution < -0.4 is 15.0 Å². The fourth-order valence-corrected chi connectivity index (χ4v) is 3.16. The van der Waals surface area contributed by atoms with Crippen LogP contribution in [0.15, 0.2) is 35.0 Å². The highest BCUT2D eigenvalue weighted by atomic mass is 19.3. The topological polar surface area (TPSA) is 116 Å². The van der Waals surface area contributed by atoms with E-state index in [1.54, 1.807) is 6.07 Å². The van der Waals surface area contributed by atoms with Gasteiger partial charge in [0.1, 0.15) is 11.5 Å². The van der Waals surface area contributed by atoms with Crippen LogP contribution in [0.2, 0.25) is 0 Å². The van der Waals surface area contributed by atoms with Crippen molar-refractivity contribution in [2.24, 2.45) is 0 Å². The first kappa shape index (κ1) is 22.5. The van der Waals surface area contributed by atoms with E-state index < -0.39 is 12.3 Å². The zero-order valence-electron chi connectivity index (χ0n) is 17.8. The predicted molar refractivity (Wildman–Crippen MR) is 111 cm³/mol. The van der Waals surface area contributed by atoms with E-state index in [2.05, 4.69) is 30.3 Å².